The third kappa shape index (κ3) is 3.17. The number of aryl methyl sites for hydroxylation is 1. The highest BCUT2D eigenvalue weighted by Gasteiger charge is 2.06. The molecule has 2 rings (SSSR count). The van der Waals surface area contributed by atoms with Gasteiger partial charge in [-0.3, -0.25) is 9.78 Å². The number of anilines is 1. The minimum atomic E-state index is -0.159. The highest BCUT2D eigenvalue weighted by atomic mass is 79.9. The lowest BCUT2D eigenvalue weighted by Crippen LogP contribution is -2.12. The van der Waals surface area contributed by atoms with Crippen molar-refractivity contribution in [2.45, 2.75) is 13.3 Å². The van der Waals surface area contributed by atoms with Crippen molar-refractivity contribution in [1.29, 1.82) is 0 Å². The minimum absolute atomic E-state index is 0.159. The van der Waals surface area contributed by atoms with Crippen LogP contribution in [0.25, 0.3) is 0 Å². The van der Waals surface area contributed by atoms with Crippen LogP contribution in [0, 0.1) is 0 Å². The molecule has 1 aromatic heterocycles. The molecule has 1 N–H and O–H groups in total. The maximum Gasteiger partial charge on any atom is 0.257 e. The first-order valence-electron chi connectivity index (χ1n) is 5.70. The third-order valence-electron chi connectivity index (χ3n) is 2.59. The molecule has 0 bridgehead atoms. The molecule has 0 saturated heterocycles. The van der Waals surface area contributed by atoms with Crippen LogP contribution >= 0.6 is 15.9 Å². The molecule has 1 aromatic carbocycles. The van der Waals surface area contributed by atoms with Gasteiger partial charge in [-0.15, -0.1) is 0 Å². The van der Waals surface area contributed by atoms with Crippen LogP contribution in [0.1, 0.15) is 22.8 Å². The summed E-state index contributed by atoms with van der Waals surface area (Å²) in [5.41, 5.74) is 2.57. The Morgan fingerprint density at radius 3 is 2.61 bits per heavy atom. The monoisotopic (exact) mass is 304 g/mol. The number of hydrogen-bond acceptors (Lipinski definition) is 2. The number of hydrogen-bond donors (Lipinski definition) is 1. The summed E-state index contributed by atoms with van der Waals surface area (Å²) in [6.45, 7) is 2.10. The van der Waals surface area contributed by atoms with Crippen molar-refractivity contribution < 1.29 is 4.79 Å². The van der Waals surface area contributed by atoms with Crippen LogP contribution < -0.4 is 5.32 Å². The second kappa shape index (κ2) is 5.78. The Morgan fingerprint density at radius 1 is 1.28 bits per heavy atom. The summed E-state index contributed by atoms with van der Waals surface area (Å²) in [7, 11) is 0. The zero-order chi connectivity index (χ0) is 13.0. The topological polar surface area (TPSA) is 42.0 Å². The Balaban J connectivity index is 2.11. The molecule has 0 aliphatic heterocycles. The lowest BCUT2D eigenvalue weighted by Gasteiger charge is -2.06. The van der Waals surface area contributed by atoms with Gasteiger partial charge in [-0.05, 0) is 46.1 Å². The lowest BCUT2D eigenvalue weighted by molar-refractivity contribution is 0.102. The largest absolute Gasteiger partial charge is 0.322 e. The van der Waals surface area contributed by atoms with Crippen molar-refractivity contribution in [2.75, 3.05) is 5.32 Å². The van der Waals surface area contributed by atoms with Crippen LogP contribution in [0.3, 0.4) is 0 Å². The second-order valence-electron chi connectivity index (χ2n) is 3.90. The van der Waals surface area contributed by atoms with Crippen molar-refractivity contribution >= 4 is 27.5 Å². The molecule has 0 saturated carbocycles. The van der Waals surface area contributed by atoms with Crippen molar-refractivity contribution in [3.8, 4) is 0 Å². The van der Waals surface area contributed by atoms with Gasteiger partial charge in [0.05, 0.1) is 5.56 Å². The maximum atomic E-state index is 11.9. The average Bonchev–Trinajstić information content (AvgIpc) is 2.39. The maximum absolute atomic E-state index is 11.9. The number of nitrogens with zero attached hydrogens (tertiary/aromatic N) is 1. The van der Waals surface area contributed by atoms with E-state index in [9.17, 15) is 4.79 Å². The van der Waals surface area contributed by atoms with Gasteiger partial charge in [-0.25, -0.2) is 0 Å². The predicted molar refractivity (Wildman–Crippen MR) is 75.7 cm³/mol. The van der Waals surface area contributed by atoms with Gasteiger partial charge in [0, 0.05) is 22.6 Å². The Bertz CT molecular complexity index is 552. The van der Waals surface area contributed by atoms with E-state index in [4.69, 9.17) is 0 Å². The summed E-state index contributed by atoms with van der Waals surface area (Å²) >= 11 is 3.29. The number of amides is 1. The van der Waals surface area contributed by atoms with Crippen LogP contribution in [0.2, 0.25) is 0 Å². The van der Waals surface area contributed by atoms with E-state index >= 15 is 0 Å². The van der Waals surface area contributed by atoms with E-state index in [0.717, 1.165) is 16.6 Å². The fraction of sp³-hybridized carbons (Fsp3) is 0.143. The molecule has 2 aromatic rings. The summed E-state index contributed by atoms with van der Waals surface area (Å²) in [6.07, 6.45) is 4.18. The zero-order valence-corrected chi connectivity index (χ0v) is 11.6. The molecule has 92 valence electrons. The van der Waals surface area contributed by atoms with E-state index in [1.807, 2.05) is 24.3 Å². The SMILES string of the molecule is CCc1ccc(NC(=O)c2cncc(Br)c2)cc1. The molecule has 3 nitrogen and oxygen atoms in total. The number of aromatic nitrogens is 1. The fourth-order valence-corrected chi connectivity index (χ4v) is 1.93. The van der Waals surface area contributed by atoms with Crippen LogP contribution in [0.15, 0.2) is 47.2 Å². The smallest absolute Gasteiger partial charge is 0.257 e. The van der Waals surface area contributed by atoms with E-state index in [1.165, 1.54) is 5.56 Å². The Morgan fingerprint density at radius 2 is 2.00 bits per heavy atom. The average molecular weight is 305 g/mol. The number of pyridine rings is 1. The minimum Gasteiger partial charge on any atom is -0.322 e. The number of nitrogens with one attached hydrogen (secondary N) is 1. The van der Waals surface area contributed by atoms with Gasteiger partial charge >= 0.3 is 0 Å². The van der Waals surface area contributed by atoms with E-state index in [2.05, 4.69) is 33.2 Å². The van der Waals surface area contributed by atoms with Crippen molar-refractivity contribution in [2.24, 2.45) is 0 Å². The quantitative estimate of drug-likeness (QED) is 0.940. The molecule has 0 aliphatic carbocycles. The third-order valence-corrected chi connectivity index (χ3v) is 3.02. The molecule has 1 heterocycles. The van der Waals surface area contributed by atoms with E-state index in [1.54, 1.807) is 18.5 Å². The summed E-state index contributed by atoms with van der Waals surface area (Å²) in [5.74, 6) is -0.159. The molecule has 4 heteroatoms. The van der Waals surface area contributed by atoms with Crippen LogP contribution in [-0.2, 0) is 6.42 Å². The Kier molecular flexibility index (Phi) is 4.10. The predicted octanol–water partition coefficient (Wildman–Crippen LogP) is 3.66. The lowest BCUT2D eigenvalue weighted by atomic mass is 10.1. The van der Waals surface area contributed by atoms with Gasteiger partial charge in [0.15, 0.2) is 0 Å². The summed E-state index contributed by atoms with van der Waals surface area (Å²) in [6, 6.07) is 9.57. The van der Waals surface area contributed by atoms with Gasteiger partial charge in [0.1, 0.15) is 0 Å². The summed E-state index contributed by atoms with van der Waals surface area (Å²) < 4.78 is 0.788. The molecule has 0 aliphatic rings. The molecule has 0 atom stereocenters. The molecule has 0 spiro atoms. The first-order chi connectivity index (χ1) is 8.69. The molecule has 18 heavy (non-hydrogen) atoms. The van der Waals surface area contributed by atoms with Gasteiger partial charge in [-0.1, -0.05) is 19.1 Å². The zero-order valence-electron chi connectivity index (χ0n) is 9.98. The van der Waals surface area contributed by atoms with Gasteiger partial charge in [0.2, 0.25) is 0 Å². The molecule has 0 unspecified atom stereocenters. The highest BCUT2D eigenvalue weighted by molar-refractivity contribution is 9.10. The molecule has 0 fully saturated rings. The number of carbonyl (C=O) groups is 1. The van der Waals surface area contributed by atoms with Crippen molar-refractivity contribution in [3.05, 3.63) is 58.3 Å². The number of rotatable bonds is 3. The number of benzene rings is 1. The van der Waals surface area contributed by atoms with Gasteiger partial charge < -0.3 is 5.32 Å². The summed E-state index contributed by atoms with van der Waals surface area (Å²) in [4.78, 5) is 15.9. The number of halogens is 1. The number of carbonyl (C=O) groups excluding carboxylic acids is 1. The molecule has 0 radical (unpaired) electrons. The van der Waals surface area contributed by atoms with Crippen LogP contribution in [0.5, 0.6) is 0 Å². The molecular weight excluding hydrogens is 292 g/mol. The van der Waals surface area contributed by atoms with Crippen LogP contribution in [0.4, 0.5) is 5.69 Å². The van der Waals surface area contributed by atoms with Gasteiger partial charge in [-0.2, -0.15) is 0 Å². The normalized spacial score (nSPS) is 10.1. The molecular formula is C14H13BrN2O. The van der Waals surface area contributed by atoms with Crippen molar-refractivity contribution in [3.63, 3.8) is 0 Å². The van der Waals surface area contributed by atoms with Crippen molar-refractivity contribution in [1.82, 2.24) is 4.98 Å². The van der Waals surface area contributed by atoms with E-state index in [-0.39, 0.29) is 5.91 Å². The van der Waals surface area contributed by atoms with E-state index in [0.29, 0.717) is 5.56 Å². The molecule has 1 amide bonds. The standard InChI is InChI=1S/C14H13BrN2O/c1-2-10-3-5-13(6-4-10)17-14(18)11-7-12(15)9-16-8-11/h3-9H,2H2,1H3,(H,17,18). The second-order valence-corrected chi connectivity index (χ2v) is 4.81. The fourth-order valence-electron chi connectivity index (χ4n) is 1.56. The Labute approximate surface area is 114 Å². The first-order valence-corrected chi connectivity index (χ1v) is 6.49. The first kappa shape index (κ1) is 12.8. The Hall–Kier alpha value is -1.68. The van der Waals surface area contributed by atoms with Gasteiger partial charge in [0.25, 0.3) is 5.91 Å². The summed E-state index contributed by atoms with van der Waals surface area (Å²) in [5, 5.41) is 2.84. The van der Waals surface area contributed by atoms with Crippen LogP contribution in [-0.4, -0.2) is 10.9 Å². The highest BCUT2D eigenvalue weighted by Crippen LogP contribution is 2.13. The van der Waals surface area contributed by atoms with E-state index < -0.39 is 0 Å².